The van der Waals surface area contributed by atoms with Crippen molar-refractivity contribution in [3.63, 3.8) is 0 Å². The van der Waals surface area contributed by atoms with E-state index in [9.17, 15) is 0 Å². The van der Waals surface area contributed by atoms with Gasteiger partial charge in [-0.1, -0.05) is 13.8 Å². The van der Waals surface area contributed by atoms with Gasteiger partial charge in [0.1, 0.15) is 6.10 Å². The Labute approximate surface area is 107 Å². The lowest BCUT2D eigenvalue weighted by molar-refractivity contribution is 0.149. The van der Waals surface area contributed by atoms with E-state index >= 15 is 0 Å². The molecule has 0 radical (unpaired) electrons. The van der Waals surface area contributed by atoms with Crippen molar-refractivity contribution < 1.29 is 9.47 Å². The SMILES string of the molecule is CC(C)Oc1nc(Cl)nc(OC(C)C(C)C)n1. The number of halogens is 1. The van der Waals surface area contributed by atoms with Gasteiger partial charge in [-0.05, 0) is 38.3 Å². The van der Waals surface area contributed by atoms with E-state index in [0.29, 0.717) is 5.92 Å². The monoisotopic (exact) mass is 259 g/mol. The molecule has 1 aromatic heterocycles. The number of hydrogen-bond acceptors (Lipinski definition) is 5. The molecule has 0 saturated heterocycles. The van der Waals surface area contributed by atoms with Crippen LogP contribution in [0.1, 0.15) is 34.6 Å². The second-order valence-corrected chi connectivity index (χ2v) is 4.74. The summed E-state index contributed by atoms with van der Waals surface area (Å²) in [7, 11) is 0. The summed E-state index contributed by atoms with van der Waals surface area (Å²) in [5.74, 6) is 0.361. The largest absolute Gasteiger partial charge is 0.461 e. The third-order valence-electron chi connectivity index (χ3n) is 2.14. The Morgan fingerprint density at radius 2 is 1.41 bits per heavy atom. The highest BCUT2D eigenvalue weighted by molar-refractivity contribution is 6.28. The molecular weight excluding hydrogens is 242 g/mol. The standard InChI is InChI=1S/C11H18ClN3O2/c1-6(2)8(5)17-11-14-9(12)13-10(15-11)16-7(3)4/h6-8H,1-5H3. The molecule has 0 fully saturated rings. The van der Waals surface area contributed by atoms with Gasteiger partial charge in [0, 0.05) is 0 Å². The number of ether oxygens (including phenoxy) is 2. The molecule has 0 saturated carbocycles. The van der Waals surface area contributed by atoms with Crippen LogP contribution in [0.2, 0.25) is 5.28 Å². The van der Waals surface area contributed by atoms with E-state index in [0.717, 1.165) is 0 Å². The summed E-state index contributed by atoms with van der Waals surface area (Å²) in [5.41, 5.74) is 0. The highest BCUT2D eigenvalue weighted by Gasteiger charge is 2.14. The van der Waals surface area contributed by atoms with Crippen LogP contribution in [0.5, 0.6) is 12.0 Å². The minimum atomic E-state index is -0.0242. The second-order valence-electron chi connectivity index (χ2n) is 4.40. The van der Waals surface area contributed by atoms with Gasteiger partial charge in [0.2, 0.25) is 5.28 Å². The molecule has 96 valence electrons. The lowest BCUT2D eigenvalue weighted by atomic mass is 10.1. The first kappa shape index (κ1) is 14.0. The molecule has 1 heterocycles. The third kappa shape index (κ3) is 4.73. The first-order valence-electron chi connectivity index (χ1n) is 5.63. The highest BCUT2D eigenvalue weighted by atomic mass is 35.5. The average molecular weight is 260 g/mol. The van der Waals surface area contributed by atoms with E-state index in [-0.39, 0.29) is 29.5 Å². The van der Waals surface area contributed by atoms with Crippen molar-refractivity contribution in [1.82, 2.24) is 15.0 Å². The molecular formula is C11H18ClN3O2. The Morgan fingerprint density at radius 3 is 1.88 bits per heavy atom. The minimum absolute atomic E-state index is 0.000340. The third-order valence-corrected chi connectivity index (χ3v) is 2.31. The summed E-state index contributed by atoms with van der Waals surface area (Å²) in [6.07, 6.45) is -0.0239. The Morgan fingerprint density at radius 1 is 0.882 bits per heavy atom. The van der Waals surface area contributed by atoms with Crippen LogP contribution in [0.15, 0.2) is 0 Å². The maximum atomic E-state index is 5.77. The van der Waals surface area contributed by atoms with Gasteiger partial charge in [-0.15, -0.1) is 4.98 Å². The van der Waals surface area contributed by atoms with Crippen molar-refractivity contribution in [1.29, 1.82) is 0 Å². The molecule has 1 unspecified atom stereocenters. The van der Waals surface area contributed by atoms with Gasteiger partial charge >= 0.3 is 12.0 Å². The Kier molecular flexibility index (Phi) is 4.93. The normalized spacial score (nSPS) is 12.9. The van der Waals surface area contributed by atoms with Crippen LogP contribution in [0, 0.1) is 5.92 Å². The Bertz CT molecular complexity index is 372. The highest BCUT2D eigenvalue weighted by Crippen LogP contribution is 2.16. The number of nitrogens with zero attached hydrogens (tertiary/aromatic N) is 3. The van der Waals surface area contributed by atoms with E-state index in [1.165, 1.54) is 0 Å². The van der Waals surface area contributed by atoms with Gasteiger partial charge in [-0.2, -0.15) is 9.97 Å². The maximum Gasteiger partial charge on any atom is 0.324 e. The van der Waals surface area contributed by atoms with Gasteiger partial charge in [0.15, 0.2) is 0 Å². The summed E-state index contributed by atoms with van der Waals surface area (Å²) < 4.78 is 10.9. The van der Waals surface area contributed by atoms with Crippen LogP contribution in [0.3, 0.4) is 0 Å². The van der Waals surface area contributed by atoms with Crippen LogP contribution in [-0.2, 0) is 0 Å². The molecule has 1 rings (SSSR count). The van der Waals surface area contributed by atoms with Gasteiger partial charge in [-0.3, -0.25) is 0 Å². The van der Waals surface area contributed by atoms with Crippen molar-refractivity contribution in [2.24, 2.45) is 5.92 Å². The smallest absolute Gasteiger partial charge is 0.324 e. The summed E-state index contributed by atoms with van der Waals surface area (Å²) in [5, 5.41) is 0.0709. The fourth-order valence-corrected chi connectivity index (χ4v) is 1.08. The molecule has 0 spiro atoms. The quantitative estimate of drug-likeness (QED) is 0.814. The van der Waals surface area contributed by atoms with Crippen LogP contribution in [-0.4, -0.2) is 27.2 Å². The molecule has 0 bridgehead atoms. The van der Waals surface area contributed by atoms with Crippen molar-refractivity contribution in [3.05, 3.63) is 5.28 Å². The van der Waals surface area contributed by atoms with Gasteiger partial charge in [-0.25, -0.2) is 0 Å². The lowest BCUT2D eigenvalue weighted by Gasteiger charge is -2.16. The summed E-state index contributed by atoms with van der Waals surface area (Å²) in [4.78, 5) is 11.8. The van der Waals surface area contributed by atoms with Crippen LogP contribution >= 0.6 is 11.6 Å². The van der Waals surface area contributed by atoms with E-state index < -0.39 is 0 Å². The maximum absolute atomic E-state index is 5.77. The van der Waals surface area contributed by atoms with E-state index in [1.807, 2.05) is 20.8 Å². The molecule has 0 aliphatic heterocycles. The van der Waals surface area contributed by atoms with Crippen LogP contribution in [0.4, 0.5) is 0 Å². The molecule has 0 aliphatic carbocycles. The first-order valence-corrected chi connectivity index (χ1v) is 6.01. The second kappa shape index (κ2) is 6.00. The molecule has 6 heteroatoms. The van der Waals surface area contributed by atoms with Gasteiger partial charge in [0.05, 0.1) is 6.10 Å². The number of rotatable bonds is 5. The zero-order valence-corrected chi connectivity index (χ0v) is 11.5. The van der Waals surface area contributed by atoms with Crippen molar-refractivity contribution in [2.75, 3.05) is 0 Å². The van der Waals surface area contributed by atoms with Crippen molar-refractivity contribution in [3.8, 4) is 12.0 Å². The number of aromatic nitrogens is 3. The fourth-order valence-electron chi connectivity index (χ4n) is 0.933. The minimum Gasteiger partial charge on any atom is -0.461 e. The lowest BCUT2D eigenvalue weighted by Crippen LogP contribution is -2.20. The average Bonchev–Trinajstić information content (AvgIpc) is 2.14. The Hall–Kier alpha value is -1.10. The fraction of sp³-hybridized carbons (Fsp3) is 0.727. The first-order chi connectivity index (χ1) is 7.88. The predicted molar refractivity (Wildman–Crippen MR) is 65.5 cm³/mol. The van der Waals surface area contributed by atoms with Crippen LogP contribution in [0.25, 0.3) is 0 Å². The van der Waals surface area contributed by atoms with E-state index in [2.05, 4.69) is 28.8 Å². The molecule has 1 aromatic rings. The predicted octanol–water partition coefficient (Wildman–Crippen LogP) is 2.74. The van der Waals surface area contributed by atoms with Crippen molar-refractivity contribution in [2.45, 2.75) is 46.8 Å². The van der Waals surface area contributed by atoms with Crippen molar-refractivity contribution >= 4 is 11.6 Å². The van der Waals surface area contributed by atoms with Crippen LogP contribution < -0.4 is 9.47 Å². The molecule has 1 atom stereocenters. The molecule has 0 aliphatic rings. The molecule has 17 heavy (non-hydrogen) atoms. The van der Waals surface area contributed by atoms with Gasteiger partial charge in [0.25, 0.3) is 0 Å². The Balaban J connectivity index is 2.82. The molecule has 0 amide bonds. The number of hydrogen-bond donors (Lipinski definition) is 0. The zero-order chi connectivity index (χ0) is 13.0. The molecule has 5 nitrogen and oxygen atoms in total. The summed E-state index contributed by atoms with van der Waals surface area (Å²) in [6, 6.07) is 0.382. The van der Waals surface area contributed by atoms with E-state index in [4.69, 9.17) is 21.1 Å². The molecule has 0 N–H and O–H groups in total. The molecule has 0 aromatic carbocycles. The summed E-state index contributed by atoms with van der Waals surface area (Å²) in [6.45, 7) is 9.83. The summed E-state index contributed by atoms with van der Waals surface area (Å²) >= 11 is 5.77. The zero-order valence-electron chi connectivity index (χ0n) is 10.8. The topological polar surface area (TPSA) is 57.1 Å². The van der Waals surface area contributed by atoms with E-state index in [1.54, 1.807) is 0 Å². The van der Waals surface area contributed by atoms with Gasteiger partial charge < -0.3 is 9.47 Å².